The zero-order valence-electron chi connectivity index (χ0n) is 15.2. The van der Waals surface area contributed by atoms with E-state index in [4.69, 9.17) is 4.74 Å². The number of hydrogen-bond acceptors (Lipinski definition) is 6. The molecule has 1 aromatic heterocycles. The van der Waals surface area contributed by atoms with Gasteiger partial charge in [0.25, 0.3) is 5.91 Å². The van der Waals surface area contributed by atoms with Crippen LogP contribution >= 0.6 is 11.3 Å². The van der Waals surface area contributed by atoms with Gasteiger partial charge < -0.3 is 10.1 Å². The third kappa shape index (κ3) is 5.59. The molecule has 0 bridgehead atoms. The molecule has 9 heteroatoms. The smallest absolute Gasteiger partial charge is 0.312 e. The van der Waals surface area contributed by atoms with Crippen LogP contribution in [0.2, 0.25) is 0 Å². The second-order valence-electron chi connectivity index (χ2n) is 6.33. The first-order chi connectivity index (χ1) is 13.5. The fraction of sp³-hybridized carbons (Fsp3) is 0.368. The van der Waals surface area contributed by atoms with Gasteiger partial charge in [0.2, 0.25) is 5.91 Å². The summed E-state index contributed by atoms with van der Waals surface area (Å²) in [6.45, 7) is 0.638. The summed E-state index contributed by atoms with van der Waals surface area (Å²) in [6, 6.07) is 6.03. The van der Waals surface area contributed by atoms with Gasteiger partial charge in [-0.15, -0.1) is 11.3 Å². The minimum absolute atomic E-state index is 0.0424. The highest BCUT2D eigenvalue weighted by Crippen LogP contribution is 2.25. The number of thiazole rings is 1. The fourth-order valence-electron chi connectivity index (χ4n) is 2.75. The molecule has 7 nitrogen and oxygen atoms in total. The number of amides is 2. The maximum absolute atomic E-state index is 12.8. The minimum Gasteiger partial charge on any atom is -0.455 e. The first-order valence-corrected chi connectivity index (χ1v) is 9.81. The molecule has 1 aromatic carbocycles. The second-order valence-corrected chi connectivity index (χ2v) is 7.17. The van der Waals surface area contributed by atoms with E-state index in [0.29, 0.717) is 36.8 Å². The zero-order valence-corrected chi connectivity index (χ0v) is 16.0. The van der Waals surface area contributed by atoms with E-state index < -0.39 is 11.9 Å². The number of hydrogen-bond donors (Lipinski definition) is 1. The Hall–Kier alpha value is -2.81. The van der Waals surface area contributed by atoms with Crippen molar-refractivity contribution in [3.8, 4) is 0 Å². The van der Waals surface area contributed by atoms with Gasteiger partial charge in [0.05, 0.1) is 12.1 Å². The van der Waals surface area contributed by atoms with Gasteiger partial charge in [-0.1, -0.05) is 12.1 Å². The van der Waals surface area contributed by atoms with Crippen molar-refractivity contribution in [2.75, 3.05) is 24.6 Å². The van der Waals surface area contributed by atoms with Gasteiger partial charge in [0.15, 0.2) is 11.7 Å². The van der Waals surface area contributed by atoms with Crippen molar-refractivity contribution in [1.29, 1.82) is 0 Å². The Morgan fingerprint density at radius 1 is 1.29 bits per heavy atom. The highest BCUT2D eigenvalue weighted by atomic mass is 32.1. The molecule has 1 aliphatic rings. The molecular formula is C19H20FN3O4S. The Labute approximate surface area is 165 Å². The monoisotopic (exact) mass is 405 g/mol. The maximum atomic E-state index is 12.8. The summed E-state index contributed by atoms with van der Waals surface area (Å²) < 4.78 is 17.8. The lowest BCUT2D eigenvalue weighted by molar-refractivity contribution is -0.147. The van der Waals surface area contributed by atoms with Crippen LogP contribution in [0.4, 0.5) is 9.52 Å². The predicted octanol–water partition coefficient (Wildman–Crippen LogP) is 1.85. The van der Waals surface area contributed by atoms with E-state index in [1.807, 2.05) is 0 Å². The Balaban J connectivity index is 1.35. The van der Waals surface area contributed by atoms with E-state index in [1.165, 1.54) is 23.5 Å². The van der Waals surface area contributed by atoms with Crippen LogP contribution in [0.5, 0.6) is 0 Å². The summed E-state index contributed by atoms with van der Waals surface area (Å²) in [7, 11) is 0. The average molecular weight is 405 g/mol. The highest BCUT2D eigenvalue weighted by molar-refractivity contribution is 7.14. The number of carbonyl (C=O) groups is 3. The van der Waals surface area contributed by atoms with Gasteiger partial charge in [0.1, 0.15) is 5.82 Å². The Morgan fingerprint density at radius 3 is 2.79 bits per heavy atom. The quantitative estimate of drug-likeness (QED) is 0.677. The number of halogens is 1. The van der Waals surface area contributed by atoms with Crippen molar-refractivity contribution >= 4 is 34.3 Å². The molecule has 1 fully saturated rings. The lowest BCUT2D eigenvalue weighted by Gasteiger charge is -2.10. The Kier molecular flexibility index (Phi) is 6.70. The molecule has 1 aliphatic heterocycles. The van der Waals surface area contributed by atoms with Crippen LogP contribution in [0.25, 0.3) is 0 Å². The highest BCUT2D eigenvalue weighted by Gasteiger charge is 2.24. The van der Waals surface area contributed by atoms with E-state index >= 15 is 0 Å². The fourth-order valence-corrected chi connectivity index (χ4v) is 3.61. The van der Waals surface area contributed by atoms with Crippen LogP contribution in [0.3, 0.4) is 0 Å². The number of nitrogens with zero attached hydrogens (tertiary/aromatic N) is 2. The van der Waals surface area contributed by atoms with E-state index in [9.17, 15) is 18.8 Å². The van der Waals surface area contributed by atoms with E-state index in [2.05, 4.69) is 10.3 Å². The summed E-state index contributed by atoms with van der Waals surface area (Å²) >= 11 is 1.31. The van der Waals surface area contributed by atoms with Crippen LogP contribution in [0.15, 0.2) is 29.6 Å². The van der Waals surface area contributed by atoms with E-state index in [-0.39, 0.29) is 24.8 Å². The number of esters is 1. The van der Waals surface area contributed by atoms with Gasteiger partial charge in [-0.05, 0) is 30.5 Å². The van der Waals surface area contributed by atoms with Gasteiger partial charge in [-0.2, -0.15) is 0 Å². The third-order valence-corrected chi connectivity index (χ3v) is 5.10. The third-order valence-electron chi connectivity index (χ3n) is 4.18. The summed E-state index contributed by atoms with van der Waals surface area (Å²) in [6.07, 6.45) is 1.83. The number of aromatic nitrogens is 1. The topological polar surface area (TPSA) is 88.6 Å². The number of rotatable bonds is 8. The second kappa shape index (κ2) is 9.41. The van der Waals surface area contributed by atoms with Crippen molar-refractivity contribution in [3.63, 3.8) is 0 Å². The lowest BCUT2D eigenvalue weighted by Crippen LogP contribution is -2.30. The SMILES string of the molecule is O=C(COC(=O)Cc1csc(N2CCCC2=O)n1)NCCc1ccc(F)cc1. The van der Waals surface area contributed by atoms with E-state index in [1.54, 1.807) is 22.4 Å². The van der Waals surface area contributed by atoms with Crippen LogP contribution in [0.1, 0.15) is 24.1 Å². The molecule has 2 aromatic rings. The molecule has 148 valence electrons. The number of nitrogens with one attached hydrogen (secondary N) is 1. The molecule has 2 heterocycles. The molecular weight excluding hydrogens is 385 g/mol. The summed E-state index contributed by atoms with van der Waals surface area (Å²) in [5, 5.41) is 4.94. The molecule has 1 N–H and O–H groups in total. The van der Waals surface area contributed by atoms with Crippen LogP contribution in [-0.2, 0) is 32.0 Å². The van der Waals surface area contributed by atoms with Crippen molar-refractivity contribution in [1.82, 2.24) is 10.3 Å². The minimum atomic E-state index is -0.557. The first-order valence-electron chi connectivity index (χ1n) is 8.93. The van der Waals surface area contributed by atoms with Gasteiger partial charge in [-0.25, -0.2) is 9.37 Å². The molecule has 0 unspecified atom stereocenters. The molecule has 28 heavy (non-hydrogen) atoms. The number of anilines is 1. The number of ether oxygens (including phenoxy) is 1. The van der Waals surface area contributed by atoms with Crippen LogP contribution < -0.4 is 10.2 Å². The molecule has 2 amide bonds. The molecule has 0 aliphatic carbocycles. The summed E-state index contributed by atoms with van der Waals surface area (Å²) in [4.78, 5) is 41.3. The molecule has 0 atom stereocenters. The molecule has 0 radical (unpaired) electrons. The van der Waals surface area contributed by atoms with Crippen molar-refractivity contribution in [2.24, 2.45) is 0 Å². The number of benzene rings is 1. The molecule has 1 saturated heterocycles. The largest absolute Gasteiger partial charge is 0.455 e. The zero-order chi connectivity index (χ0) is 19.9. The van der Waals surface area contributed by atoms with Crippen molar-refractivity contribution in [2.45, 2.75) is 25.7 Å². The maximum Gasteiger partial charge on any atom is 0.312 e. The summed E-state index contributed by atoms with van der Waals surface area (Å²) in [5.74, 6) is -1.23. The van der Waals surface area contributed by atoms with Crippen molar-refractivity contribution in [3.05, 3.63) is 46.7 Å². The first kappa shape index (κ1) is 19.9. The molecule has 3 rings (SSSR count). The Bertz CT molecular complexity index is 853. The lowest BCUT2D eigenvalue weighted by atomic mass is 10.1. The standard InChI is InChI=1S/C19H20FN3O4S/c20-14-5-3-13(4-6-14)7-8-21-16(24)11-27-18(26)10-15-12-28-19(22-15)23-9-1-2-17(23)25/h3-6,12H,1-2,7-11H2,(H,21,24). The van der Waals surface area contributed by atoms with Crippen LogP contribution in [-0.4, -0.2) is 42.5 Å². The summed E-state index contributed by atoms with van der Waals surface area (Å²) in [5.41, 5.74) is 1.41. The average Bonchev–Trinajstić information content (AvgIpc) is 3.30. The molecule has 0 spiro atoms. The van der Waals surface area contributed by atoms with Crippen molar-refractivity contribution < 1.29 is 23.5 Å². The van der Waals surface area contributed by atoms with Gasteiger partial charge >= 0.3 is 5.97 Å². The number of carbonyl (C=O) groups excluding carboxylic acids is 3. The van der Waals surface area contributed by atoms with E-state index in [0.717, 1.165) is 12.0 Å². The molecule has 0 saturated carbocycles. The Morgan fingerprint density at radius 2 is 2.07 bits per heavy atom. The van der Waals surface area contributed by atoms with Gasteiger partial charge in [0, 0.05) is 24.9 Å². The normalized spacial score (nSPS) is 13.6. The predicted molar refractivity (Wildman–Crippen MR) is 101 cm³/mol. The van der Waals surface area contributed by atoms with Crippen LogP contribution in [0, 0.1) is 5.82 Å². The van der Waals surface area contributed by atoms with Gasteiger partial charge in [-0.3, -0.25) is 19.3 Å².